The number of hydrogen-bond acceptors (Lipinski definition) is 5. The minimum atomic E-state index is -0.399. The van der Waals surface area contributed by atoms with Crippen LogP contribution in [0.4, 0.5) is 17.1 Å². The number of nitrogens with one attached hydrogen (secondary N) is 1. The number of piperazine rings is 1. The molecule has 0 radical (unpaired) electrons. The quantitative estimate of drug-likeness (QED) is 0.207. The van der Waals surface area contributed by atoms with Crippen molar-refractivity contribution in [1.29, 1.82) is 0 Å². The van der Waals surface area contributed by atoms with E-state index in [1.807, 2.05) is 12.1 Å². The number of rotatable bonds is 7. The molecule has 1 aliphatic rings. The van der Waals surface area contributed by atoms with Crippen molar-refractivity contribution in [2.75, 3.05) is 36.4 Å². The summed E-state index contributed by atoms with van der Waals surface area (Å²) in [6, 6.07) is 17.5. The zero-order chi connectivity index (χ0) is 25.7. The minimum Gasteiger partial charge on any atom is -0.375 e. The van der Waals surface area contributed by atoms with Crippen molar-refractivity contribution >= 4 is 63.8 Å². The molecule has 36 heavy (non-hydrogen) atoms. The van der Waals surface area contributed by atoms with Crippen LogP contribution in [0.2, 0.25) is 15.1 Å². The molecule has 1 aliphatic heterocycles. The van der Waals surface area contributed by atoms with Crippen LogP contribution in [0.5, 0.6) is 0 Å². The van der Waals surface area contributed by atoms with Crippen LogP contribution < -0.4 is 10.2 Å². The van der Waals surface area contributed by atoms with Crippen molar-refractivity contribution in [3.63, 3.8) is 0 Å². The lowest BCUT2D eigenvalue weighted by Crippen LogP contribution is -2.48. The smallest absolute Gasteiger partial charge is 0.292 e. The maximum absolute atomic E-state index is 12.7. The van der Waals surface area contributed by atoms with E-state index < -0.39 is 4.92 Å². The average Bonchev–Trinajstić information content (AvgIpc) is 2.87. The van der Waals surface area contributed by atoms with Gasteiger partial charge in [-0.2, -0.15) is 0 Å². The second kappa shape index (κ2) is 11.6. The molecule has 0 saturated carbocycles. The largest absolute Gasteiger partial charge is 0.375 e. The third kappa shape index (κ3) is 6.49. The number of nitrogens with zero attached hydrogens (tertiary/aromatic N) is 3. The van der Waals surface area contributed by atoms with Crippen LogP contribution >= 0.6 is 34.8 Å². The Morgan fingerprint density at radius 3 is 2.31 bits per heavy atom. The summed E-state index contributed by atoms with van der Waals surface area (Å²) in [5.74, 6) is -0.102. The van der Waals surface area contributed by atoms with Gasteiger partial charge in [0.2, 0.25) is 5.91 Å². The summed E-state index contributed by atoms with van der Waals surface area (Å²) in [7, 11) is 0. The van der Waals surface area contributed by atoms with Gasteiger partial charge in [0, 0.05) is 65.6 Å². The molecule has 0 atom stereocenters. The molecule has 0 aliphatic carbocycles. The van der Waals surface area contributed by atoms with E-state index in [9.17, 15) is 14.9 Å². The number of nitro groups is 1. The fourth-order valence-electron chi connectivity index (χ4n) is 3.91. The molecule has 0 spiro atoms. The first-order valence-electron chi connectivity index (χ1n) is 11.2. The van der Waals surface area contributed by atoms with Crippen LogP contribution in [-0.2, 0) is 11.3 Å². The molecule has 10 heteroatoms. The summed E-state index contributed by atoms with van der Waals surface area (Å²) in [6.07, 6.45) is 3.19. The molecular weight excluding hydrogens is 523 g/mol. The number of hydrogen-bond donors (Lipinski definition) is 1. The Bertz CT molecular complexity index is 1290. The fraction of sp³-hybridized carbons (Fsp3) is 0.192. The first kappa shape index (κ1) is 25.8. The van der Waals surface area contributed by atoms with Crippen LogP contribution in [0.15, 0.2) is 66.7 Å². The number of anilines is 2. The van der Waals surface area contributed by atoms with E-state index in [4.69, 9.17) is 34.8 Å². The highest BCUT2D eigenvalue weighted by atomic mass is 35.5. The number of carbonyl (C=O) groups excluding carboxylic acids is 1. The number of halogens is 3. The molecule has 4 rings (SSSR count). The van der Waals surface area contributed by atoms with Crippen LogP contribution in [-0.4, -0.2) is 41.9 Å². The molecule has 3 aromatic rings. The lowest BCUT2D eigenvalue weighted by molar-refractivity contribution is -0.384. The molecule has 1 amide bonds. The second-order valence-electron chi connectivity index (χ2n) is 8.25. The van der Waals surface area contributed by atoms with Gasteiger partial charge in [0.15, 0.2) is 0 Å². The number of amides is 1. The van der Waals surface area contributed by atoms with Gasteiger partial charge in [-0.15, -0.1) is 0 Å². The Balaban J connectivity index is 1.39. The van der Waals surface area contributed by atoms with Gasteiger partial charge >= 0.3 is 0 Å². The first-order chi connectivity index (χ1) is 17.3. The summed E-state index contributed by atoms with van der Waals surface area (Å²) < 4.78 is 0. The van der Waals surface area contributed by atoms with Gasteiger partial charge in [-0.25, -0.2) is 0 Å². The molecule has 186 valence electrons. The molecule has 0 bridgehead atoms. The number of nitro benzene ring substituents is 1. The van der Waals surface area contributed by atoms with E-state index in [2.05, 4.69) is 10.2 Å². The van der Waals surface area contributed by atoms with Crippen molar-refractivity contribution in [3.8, 4) is 0 Å². The van der Waals surface area contributed by atoms with E-state index in [1.165, 1.54) is 12.1 Å². The van der Waals surface area contributed by atoms with Crippen molar-refractivity contribution in [2.45, 2.75) is 6.54 Å². The zero-order valence-corrected chi connectivity index (χ0v) is 21.4. The van der Waals surface area contributed by atoms with Gasteiger partial charge < -0.3 is 15.1 Å². The normalized spacial score (nSPS) is 13.8. The molecule has 7 nitrogen and oxygen atoms in total. The SMILES string of the molecule is O=C(/C=C/c1ccc(Cl)cc1Cl)N1CCN(c2ccc([N+](=O)[O-])c(NCc3ccc(Cl)cc3)c2)CC1. The Hall–Kier alpha value is -3.26. The minimum absolute atomic E-state index is 0.00697. The molecular formula is C26H23Cl3N4O3. The first-order valence-corrected chi connectivity index (χ1v) is 12.4. The molecule has 0 aromatic heterocycles. The molecule has 1 saturated heterocycles. The highest BCUT2D eigenvalue weighted by Gasteiger charge is 2.22. The van der Waals surface area contributed by atoms with E-state index >= 15 is 0 Å². The second-order valence-corrected chi connectivity index (χ2v) is 9.53. The predicted octanol–water partition coefficient (Wildman–Crippen LogP) is 6.53. The van der Waals surface area contributed by atoms with Crippen molar-refractivity contribution in [1.82, 2.24) is 4.90 Å². The van der Waals surface area contributed by atoms with Crippen LogP contribution in [0.1, 0.15) is 11.1 Å². The fourth-order valence-corrected chi connectivity index (χ4v) is 4.51. The standard InChI is InChI=1S/C26H23Cl3N4O3/c27-20-5-1-18(2-6-20)17-30-24-16-22(8-9-25(24)33(35)36)31-11-13-32(14-12-31)26(34)10-4-19-3-7-21(28)15-23(19)29/h1-10,15-16,30H,11-14,17H2/b10-4+. The van der Waals surface area contributed by atoms with E-state index in [1.54, 1.807) is 53.4 Å². The average molecular weight is 546 g/mol. The van der Waals surface area contributed by atoms with Crippen molar-refractivity contribution < 1.29 is 9.72 Å². The summed E-state index contributed by atoms with van der Waals surface area (Å²) in [5, 5.41) is 16.4. The monoisotopic (exact) mass is 544 g/mol. The number of benzene rings is 3. The van der Waals surface area contributed by atoms with Crippen LogP contribution in [0, 0.1) is 10.1 Å². The Kier molecular flexibility index (Phi) is 8.36. The number of carbonyl (C=O) groups is 1. The zero-order valence-electron chi connectivity index (χ0n) is 19.2. The third-order valence-corrected chi connectivity index (χ3v) is 6.71. The van der Waals surface area contributed by atoms with E-state index in [0.717, 1.165) is 16.8 Å². The van der Waals surface area contributed by atoms with Crippen LogP contribution in [0.3, 0.4) is 0 Å². The molecule has 1 fully saturated rings. The summed E-state index contributed by atoms with van der Waals surface area (Å²) >= 11 is 18.0. The van der Waals surface area contributed by atoms with Crippen LogP contribution in [0.25, 0.3) is 6.08 Å². The molecule has 3 aromatic carbocycles. The maximum Gasteiger partial charge on any atom is 0.292 e. The summed E-state index contributed by atoms with van der Waals surface area (Å²) in [4.78, 5) is 27.7. The van der Waals surface area contributed by atoms with Crippen molar-refractivity contribution in [3.05, 3.63) is 103 Å². The van der Waals surface area contributed by atoms with Gasteiger partial charge in [0.1, 0.15) is 5.69 Å². The topological polar surface area (TPSA) is 78.7 Å². The van der Waals surface area contributed by atoms with Gasteiger partial charge in [0.25, 0.3) is 5.69 Å². The maximum atomic E-state index is 12.7. The lowest BCUT2D eigenvalue weighted by Gasteiger charge is -2.35. The Morgan fingerprint density at radius 1 is 0.944 bits per heavy atom. The molecule has 1 heterocycles. The molecule has 0 unspecified atom stereocenters. The lowest BCUT2D eigenvalue weighted by atomic mass is 10.1. The van der Waals surface area contributed by atoms with Gasteiger partial charge in [-0.05, 0) is 53.6 Å². The van der Waals surface area contributed by atoms with Gasteiger partial charge in [0.05, 0.1) is 4.92 Å². The van der Waals surface area contributed by atoms with E-state index in [-0.39, 0.29) is 11.6 Å². The third-order valence-electron chi connectivity index (χ3n) is 5.90. The Morgan fingerprint density at radius 2 is 1.64 bits per heavy atom. The molecule has 1 N–H and O–H groups in total. The summed E-state index contributed by atoms with van der Waals surface area (Å²) in [5.41, 5.74) is 2.98. The van der Waals surface area contributed by atoms with Gasteiger partial charge in [-0.3, -0.25) is 14.9 Å². The van der Waals surface area contributed by atoms with E-state index in [0.29, 0.717) is 53.5 Å². The summed E-state index contributed by atoms with van der Waals surface area (Å²) in [6.45, 7) is 2.70. The van der Waals surface area contributed by atoms with Crippen molar-refractivity contribution in [2.24, 2.45) is 0 Å². The highest BCUT2D eigenvalue weighted by Crippen LogP contribution is 2.31. The predicted molar refractivity (Wildman–Crippen MR) is 146 cm³/mol. The highest BCUT2D eigenvalue weighted by molar-refractivity contribution is 6.35. The Labute approximate surface area is 224 Å². The van der Waals surface area contributed by atoms with Gasteiger partial charge in [-0.1, -0.05) is 53.0 Å².